The van der Waals surface area contributed by atoms with Crippen molar-refractivity contribution in [3.05, 3.63) is 39.2 Å². The molecule has 0 aliphatic carbocycles. The average Bonchev–Trinajstić information content (AvgIpc) is 3.04. The van der Waals surface area contributed by atoms with Gasteiger partial charge in [-0.15, -0.1) is 23.7 Å². The average molecular weight is 430 g/mol. The van der Waals surface area contributed by atoms with Crippen LogP contribution in [0.15, 0.2) is 24.3 Å². The molecule has 5 nitrogen and oxygen atoms in total. The minimum Gasteiger partial charge on any atom is -0.381 e. The number of benzene rings is 1. The smallest absolute Gasteiger partial charge is 0.228 e. The van der Waals surface area contributed by atoms with E-state index in [1.807, 2.05) is 38.1 Å². The summed E-state index contributed by atoms with van der Waals surface area (Å²) in [6, 6.07) is 7.47. The number of carbonyl (C=O) groups is 1. The number of carbonyl (C=O) groups excluding carboxylic acids is 1. The van der Waals surface area contributed by atoms with Gasteiger partial charge in [0, 0.05) is 35.2 Å². The van der Waals surface area contributed by atoms with Crippen molar-refractivity contribution in [1.82, 2.24) is 10.3 Å². The van der Waals surface area contributed by atoms with Crippen molar-refractivity contribution in [3.8, 4) is 11.3 Å². The second kappa shape index (κ2) is 9.34. The van der Waals surface area contributed by atoms with E-state index < -0.39 is 5.41 Å². The van der Waals surface area contributed by atoms with Crippen LogP contribution in [0.1, 0.15) is 35.7 Å². The van der Waals surface area contributed by atoms with Crippen LogP contribution in [0.3, 0.4) is 0 Å². The highest BCUT2D eigenvalue weighted by molar-refractivity contribution is 7.12. The molecule has 1 amide bonds. The highest BCUT2D eigenvalue weighted by atomic mass is 35.5. The zero-order valence-electron chi connectivity index (χ0n) is 15.5. The van der Waals surface area contributed by atoms with E-state index in [0.717, 1.165) is 21.1 Å². The lowest BCUT2D eigenvalue weighted by Gasteiger charge is -2.35. The zero-order chi connectivity index (χ0) is 18.7. The Bertz CT molecular complexity index is 774. The molecular weight excluding hydrogens is 405 g/mol. The van der Waals surface area contributed by atoms with E-state index in [9.17, 15) is 4.79 Å². The number of aromatic nitrogens is 1. The van der Waals surface area contributed by atoms with Crippen LogP contribution in [0, 0.1) is 12.3 Å². The molecule has 8 heteroatoms. The molecule has 3 N–H and O–H groups in total. The second-order valence-corrected chi connectivity index (χ2v) is 8.43. The lowest BCUT2D eigenvalue weighted by Crippen LogP contribution is -2.49. The molecule has 2 aromatic rings. The van der Waals surface area contributed by atoms with Crippen LogP contribution in [-0.4, -0.2) is 30.6 Å². The van der Waals surface area contributed by atoms with Crippen molar-refractivity contribution in [3.63, 3.8) is 0 Å². The maximum atomic E-state index is 12.8. The molecule has 1 atom stereocenters. The number of nitrogens with one attached hydrogen (secondary N) is 1. The molecule has 0 saturated carbocycles. The van der Waals surface area contributed by atoms with Gasteiger partial charge in [0.15, 0.2) is 0 Å². The van der Waals surface area contributed by atoms with Crippen LogP contribution in [0.4, 0.5) is 0 Å². The Hall–Kier alpha value is -1.18. The minimum atomic E-state index is -0.530. The van der Waals surface area contributed by atoms with E-state index in [2.05, 4.69) is 5.32 Å². The number of ether oxygens (including phenoxy) is 1. The van der Waals surface area contributed by atoms with Gasteiger partial charge in [0.2, 0.25) is 5.91 Å². The van der Waals surface area contributed by atoms with Gasteiger partial charge in [-0.2, -0.15) is 0 Å². The fraction of sp³-hybridized carbons (Fsp3) is 0.474. The number of thiazole rings is 1. The molecule has 1 aromatic carbocycles. The molecule has 0 spiro atoms. The Balaban J connectivity index is 0.00000261. The quantitative estimate of drug-likeness (QED) is 0.748. The first-order valence-corrected chi connectivity index (χ1v) is 9.97. The van der Waals surface area contributed by atoms with E-state index in [4.69, 9.17) is 27.1 Å². The van der Waals surface area contributed by atoms with Crippen LogP contribution in [0.2, 0.25) is 5.02 Å². The highest BCUT2D eigenvalue weighted by Gasteiger charge is 2.39. The van der Waals surface area contributed by atoms with Crippen LogP contribution in [0.25, 0.3) is 11.3 Å². The normalized spacial score (nSPS) is 17.0. The molecule has 1 aliphatic rings. The molecule has 1 aliphatic heterocycles. The Morgan fingerprint density at radius 2 is 2.00 bits per heavy atom. The minimum absolute atomic E-state index is 0. The summed E-state index contributed by atoms with van der Waals surface area (Å²) in [7, 11) is 0. The van der Waals surface area contributed by atoms with Crippen molar-refractivity contribution in [1.29, 1.82) is 0 Å². The standard InChI is InChI=1S/C19H24ClN3O2S.ClH/c1-12(22-18(24)19(11-21)7-9-25-10-8-19)17-23-16(13(2)26-17)14-3-5-15(20)6-4-14;/h3-6,12H,7-11,21H2,1-2H3,(H,22,24);1H. The van der Waals surface area contributed by atoms with Crippen molar-refractivity contribution in [2.24, 2.45) is 11.1 Å². The molecule has 2 heterocycles. The van der Waals surface area contributed by atoms with E-state index in [1.54, 1.807) is 11.3 Å². The first-order valence-electron chi connectivity index (χ1n) is 8.77. The molecular formula is C19H25Cl2N3O2S. The fourth-order valence-corrected chi connectivity index (χ4v) is 4.25. The van der Waals surface area contributed by atoms with Gasteiger partial charge in [0.25, 0.3) is 0 Å². The Morgan fingerprint density at radius 3 is 2.59 bits per heavy atom. The number of amides is 1. The van der Waals surface area contributed by atoms with Crippen molar-refractivity contribution in [2.45, 2.75) is 32.7 Å². The van der Waals surface area contributed by atoms with Crippen LogP contribution < -0.4 is 11.1 Å². The number of halogens is 2. The van der Waals surface area contributed by atoms with E-state index in [-0.39, 0.29) is 24.4 Å². The van der Waals surface area contributed by atoms with Gasteiger partial charge < -0.3 is 15.8 Å². The predicted octanol–water partition coefficient (Wildman–Crippen LogP) is 4.13. The number of hydrogen-bond acceptors (Lipinski definition) is 5. The number of nitrogens with zero attached hydrogens (tertiary/aromatic N) is 1. The topological polar surface area (TPSA) is 77.2 Å². The van der Waals surface area contributed by atoms with Gasteiger partial charge in [-0.3, -0.25) is 4.79 Å². The molecule has 1 unspecified atom stereocenters. The SMILES string of the molecule is Cc1sc(C(C)NC(=O)C2(CN)CCOCC2)nc1-c1ccc(Cl)cc1.Cl. The first kappa shape index (κ1) is 22.1. The largest absolute Gasteiger partial charge is 0.381 e. The molecule has 0 bridgehead atoms. The molecule has 3 rings (SSSR count). The number of hydrogen-bond donors (Lipinski definition) is 2. The summed E-state index contributed by atoms with van der Waals surface area (Å²) in [5, 5.41) is 4.70. The summed E-state index contributed by atoms with van der Waals surface area (Å²) in [5.74, 6) is -0.00306. The van der Waals surface area contributed by atoms with Gasteiger partial charge in [-0.1, -0.05) is 23.7 Å². The number of aryl methyl sites for hydroxylation is 1. The zero-order valence-corrected chi connectivity index (χ0v) is 17.8. The second-order valence-electron chi connectivity index (χ2n) is 6.76. The van der Waals surface area contributed by atoms with E-state index in [1.165, 1.54) is 0 Å². The van der Waals surface area contributed by atoms with Crippen molar-refractivity contribution >= 4 is 41.3 Å². The summed E-state index contributed by atoms with van der Waals surface area (Å²) < 4.78 is 5.39. The van der Waals surface area contributed by atoms with E-state index in [0.29, 0.717) is 37.6 Å². The fourth-order valence-electron chi connectivity index (χ4n) is 3.18. The van der Waals surface area contributed by atoms with Crippen molar-refractivity contribution in [2.75, 3.05) is 19.8 Å². The summed E-state index contributed by atoms with van der Waals surface area (Å²) >= 11 is 7.57. The van der Waals surface area contributed by atoms with Crippen LogP contribution in [-0.2, 0) is 9.53 Å². The molecule has 148 valence electrons. The van der Waals surface area contributed by atoms with Crippen LogP contribution in [0.5, 0.6) is 0 Å². The Morgan fingerprint density at radius 1 is 1.37 bits per heavy atom. The van der Waals surface area contributed by atoms with Gasteiger partial charge in [-0.05, 0) is 38.8 Å². The molecule has 0 radical (unpaired) electrons. The van der Waals surface area contributed by atoms with Gasteiger partial charge >= 0.3 is 0 Å². The van der Waals surface area contributed by atoms with Crippen LogP contribution >= 0.6 is 35.3 Å². The lowest BCUT2D eigenvalue weighted by molar-refractivity contribution is -0.136. The van der Waals surface area contributed by atoms with Gasteiger partial charge in [0.05, 0.1) is 17.2 Å². The summed E-state index contributed by atoms with van der Waals surface area (Å²) in [6.07, 6.45) is 1.32. The third-order valence-electron chi connectivity index (χ3n) is 4.97. The first-order chi connectivity index (χ1) is 12.4. The Labute approximate surface area is 175 Å². The predicted molar refractivity (Wildman–Crippen MR) is 113 cm³/mol. The number of rotatable bonds is 5. The highest BCUT2D eigenvalue weighted by Crippen LogP contribution is 2.33. The van der Waals surface area contributed by atoms with Gasteiger partial charge in [-0.25, -0.2) is 4.98 Å². The maximum absolute atomic E-state index is 12.8. The molecule has 1 aromatic heterocycles. The molecule has 1 saturated heterocycles. The summed E-state index contributed by atoms with van der Waals surface area (Å²) in [4.78, 5) is 18.7. The maximum Gasteiger partial charge on any atom is 0.228 e. The molecule has 1 fully saturated rings. The third-order valence-corrected chi connectivity index (χ3v) is 6.38. The monoisotopic (exact) mass is 429 g/mol. The van der Waals surface area contributed by atoms with E-state index >= 15 is 0 Å². The summed E-state index contributed by atoms with van der Waals surface area (Å²) in [6.45, 7) is 5.50. The van der Waals surface area contributed by atoms with Crippen molar-refractivity contribution < 1.29 is 9.53 Å². The number of nitrogens with two attached hydrogens (primary N) is 1. The van der Waals surface area contributed by atoms with Gasteiger partial charge in [0.1, 0.15) is 5.01 Å². The molecule has 27 heavy (non-hydrogen) atoms. The lowest BCUT2D eigenvalue weighted by atomic mass is 9.79. The summed E-state index contributed by atoms with van der Waals surface area (Å²) in [5.41, 5.74) is 7.36. The third kappa shape index (κ3) is 4.81. The Kier molecular flexibility index (Phi) is 7.65.